The monoisotopic (exact) mass is 1160 g/mol. The number of carboxylic acid groups (broad SMARTS) is 1. The molecule has 0 saturated carbocycles. The van der Waals surface area contributed by atoms with Crippen molar-refractivity contribution in [2.24, 2.45) is 10.8 Å². The van der Waals surface area contributed by atoms with Crippen molar-refractivity contribution < 1.29 is 48.1 Å². The highest BCUT2D eigenvalue weighted by molar-refractivity contribution is 6.00. The molecule has 2 aliphatic rings. The molecule has 0 bridgehead atoms. The molecule has 0 aliphatic carbocycles. The molecule has 4 aromatic rings. The molecule has 3 N–H and O–H groups in total. The van der Waals surface area contributed by atoms with Crippen LogP contribution in [0.1, 0.15) is 141 Å². The topological polar surface area (TPSA) is 245 Å². The van der Waals surface area contributed by atoms with Gasteiger partial charge in [0.05, 0.1) is 12.4 Å². The molecule has 4 amide bonds. The van der Waals surface area contributed by atoms with Crippen LogP contribution in [0, 0.1) is 10.8 Å². The van der Waals surface area contributed by atoms with Crippen LogP contribution in [0.25, 0.3) is 0 Å². The molecule has 2 aromatic carbocycles. The number of anilines is 6. The van der Waals surface area contributed by atoms with Crippen LogP contribution in [0.4, 0.5) is 44.5 Å². The molecule has 0 unspecified atom stereocenters. The summed E-state index contributed by atoms with van der Waals surface area (Å²) in [6.45, 7) is 34.6. The summed E-state index contributed by atoms with van der Waals surface area (Å²) in [5.41, 5.74) is 0.454. The highest BCUT2D eigenvalue weighted by atomic mass is 16.6. The van der Waals surface area contributed by atoms with Crippen LogP contribution in [0.5, 0.6) is 11.5 Å². The van der Waals surface area contributed by atoms with Crippen molar-refractivity contribution in [1.29, 1.82) is 0 Å². The molecule has 4 heterocycles. The number of carbonyl (C=O) groups is 6. The first-order valence-corrected chi connectivity index (χ1v) is 29.6. The van der Waals surface area contributed by atoms with Gasteiger partial charge >= 0.3 is 24.1 Å². The van der Waals surface area contributed by atoms with E-state index in [4.69, 9.17) is 19.2 Å². The van der Waals surface area contributed by atoms with Crippen LogP contribution in [0.2, 0.25) is 0 Å². The first-order valence-electron chi connectivity index (χ1n) is 29.6. The first kappa shape index (κ1) is 67.0. The van der Waals surface area contributed by atoms with Gasteiger partial charge < -0.3 is 59.4 Å². The number of amides is 4. The average Bonchev–Trinajstić information content (AvgIpc) is 4.05. The number of aliphatic carboxylic acids is 1. The largest absolute Gasteiger partial charge is 0.480 e. The number of benzene rings is 2. The Kier molecular flexibility index (Phi) is 24.1. The molecular weight excluding hydrogens is 1070 g/mol. The minimum absolute atomic E-state index is 0.0878. The summed E-state index contributed by atoms with van der Waals surface area (Å²) in [4.78, 5) is 107. The Morgan fingerprint density at radius 1 is 0.536 bits per heavy atom. The number of carboxylic acids is 1. The SMILES string of the molecule is CCN(CC)c1ncc(N(CC)C(=O)C(C)(C)C)c(N[C@H](Cc2ccc(OC(=O)N3CCCC3)cc2)C(=O)O)n1.CCN(CC)c1ncc(N(CC)C(=O)C(C)(C)C)c(N[C@H](Cc2ccc(OC(=O)N3CCCC3)cc2)C(=O)OC(C)(C)C)n1. The van der Waals surface area contributed by atoms with Crippen LogP contribution >= 0.6 is 0 Å². The fourth-order valence-electron chi connectivity index (χ4n) is 9.40. The number of ether oxygens (including phenoxy) is 3. The van der Waals surface area contributed by atoms with Crippen molar-refractivity contribution in [3.8, 4) is 11.5 Å². The van der Waals surface area contributed by atoms with Gasteiger partial charge in [0.1, 0.15) is 40.6 Å². The lowest BCUT2D eigenvalue weighted by atomic mass is 9.94. The number of rotatable bonds is 22. The van der Waals surface area contributed by atoms with Crippen LogP contribution in [0.15, 0.2) is 60.9 Å². The van der Waals surface area contributed by atoms with Gasteiger partial charge in [-0.2, -0.15) is 9.97 Å². The Bertz CT molecular complexity index is 2830. The van der Waals surface area contributed by atoms with Crippen molar-refractivity contribution in [1.82, 2.24) is 29.7 Å². The molecule has 22 nitrogen and oxygen atoms in total. The minimum atomic E-state index is -1.07. The summed E-state index contributed by atoms with van der Waals surface area (Å²) in [5.74, 6) is 0.697. The van der Waals surface area contributed by atoms with E-state index in [1.165, 1.54) is 0 Å². The van der Waals surface area contributed by atoms with Gasteiger partial charge in [0.15, 0.2) is 11.6 Å². The Hall–Kier alpha value is -7.78. The molecule has 22 heteroatoms. The second kappa shape index (κ2) is 30.2. The smallest absolute Gasteiger partial charge is 0.415 e. The maximum atomic E-state index is 13.6. The molecule has 460 valence electrons. The van der Waals surface area contributed by atoms with Gasteiger partial charge in [-0.05, 0) is 123 Å². The van der Waals surface area contributed by atoms with Crippen molar-refractivity contribution in [3.63, 3.8) is 0 Å². The van der Waals surface area contributed by atoms with Gasteiger partial charge in [0, 0.05) is 89.1 Å². The highest BCUT2D eigenvalue weighted by Gasteiger charge is 2.34. The Labute approximate surface area is 497 Å². The van der Waals surface area contributed by atoms with Gasteiger partial charge in [0.25, 0.3) is 0 Å². The van der Waals surface area contributed by atoms with E-state index in [0.717, 1.165) is 36.8 Å². The fraction of sp³-hybridized carbons (Fsp3) is 0.581. The first-order chi connectivity index (χ1) is 39.6. The predicted octanol–water partition coefficient (Wildman–Crippen LogP) is 10.1. The molecular formula is C62H92N12O10. The fourth-order valence-corrected chi connectivity index (χ4v) is 9.40. The Morgan fingerprint density at radius 2 is 0.881 bits per heavy atom. The summed E-state index contributed by atoms with van der Waals surface area (Å²) in [5, 5.41) is 16.5. The lowest BCUT2D eigenvalue weighted by molar-refractivity contribution is -0.155. The molecule has 84 heavy (non-hydrogen) atoms. The number of carbonyl (C=O) groups excluding carboxylic acids is 5. The normalized spacial score (nSPS) is 14.1. The summed E-state index contributed by atoms with van der Waals surface area (Å²) >= 11 is 0. The van der Waals surface area contributed by atoms with Crippen LogP contribution < -0.4 is 39.7 Å². The minimum Gasteiger partial charge on any atom is -0.480 e. The van der Waals surface area contributed by atoms with E-state index < -0.39 is 40.5 Å². The van der Waals surface area contributed by atoms with E-state index >= 15 is 0 Å². The number of nitrogens with zero attached hydrogens (tertiary/aromatic N) is 10. The third kappa shape index (κ3) is 18.9. The zero-order valence-corrected chi connectivity index (χ0v) is 52.3. The zero-order valence-electron chi connectivity index (χ0n) is 52.3. The molecule has 0 radical (unpaired) electrons. The number of esters is 1. The van der Waals surface area contributed by atoms with Crippen molar-refractivity contribution >= 4 is 70.8 Å². The Morgan fingerprint density at radius 3 is 1.19 bits per heavy atom. The molecule has 2 aromatic heterocycles. The zero-order chi connectivity index (χ0) is 62.1. The molecule has 2 saturated heterocycles. The summed E-state index contributed by atoms with van der Waals surface area (Å²) < 4.78 is 16.8. The average molecular weight is 1170 g/mol. The van der Waals surface area contributed by atoms with Crippen molar-refractivity contribution in [3.05, 3.63) is 72.1 Å². The van der Waals surface area contributed by atoms with Gasteiger partial charge in [-0.3, -0.25) is 9.59 Å². The lowest BCUT2D eigenvalue weighted by Gasteiger charge is -2.31. The number of hydrogen-bond acceptors (Lipinski definition) is 17. The predicted molar refractivity (Wildman–Crippen MR) is 328 cm³/mol. The van der Waals surface area contributed by atoms with Crippen LogP contribution in [-0.4, -0.2) is 154 Å². The number of nitrogens with one attached hydrogen (secondary N) is 2. The molecule has 2 atom stereocenters. The highest BCUT2D eigenvalue weighted by Crippen LogP contribution is 2.33. The van der Waals surface area contributed by atoms with Crippen LogP contribution in [0.3, 0.4) is 0 Å². The van der Waals surface area contributed by atoms with Gasteiger partial charge in [-0.25, -0.2) is 29.1 Å². The number of aromatic nitrogens is 4. The molecule has 6 rings (SSSR count). The van der Waals surface area contributed by atoms with E-state index in [1.54, 1.807) is 68.4 Å². The van der Waals surface area contributed by atoms with E-state index in [1.807, 2.05) is 126 Å². The van der Waals surface area contributed by atoms with Gasteiger partial charge in [-0.15, -0.1) is 0 Å². The van der Waals surface area contributed by atoms with Crippen molar-refractivity contribution in [2.45, 2.75) is 160 Å². The molecule has 0 spiro atoms. The summed E-state index contributed by atoms with van der Waals surface area (Å²) in [7, 11) is 0. The third-order valence-electron chi connectivity index (χ3n) is 14.1. The van der Waals surface area contributed by atoms with Crippen molar-refractivity contribution in [2.75, 3.05) is 95.7 Å². The number of hydrogen-bond donors (Lipinski definition) is 3. The van der Waals surface area contributed by atoms with E-state index in [0.29, 0.717) is 106 Å². The van der Waals surface area contributed by atoms with Crippen LogP contribution in [-0.2, 0) is 36.8 Å². The molecule has 2 aliphatic heterocycles. The summed E-state index contributed by atoms with van der Waals surface area (Å²) in [6.07, 6.45) is 6.82. The maximum Gasteiger partial charge on any atom is 0.415 e. The quantitative estimate of drug-likeness (QED) is 0.0619. The van der Waals surface area contributed by atoms with Gasteiger partial charge in [-0.1, -0.05) is 65.8 Å². The number of likely N-dealkylation sites (tertiary alicyclic amines) is 2. The summed E-state index contributed by atoms with van der Waals surface area (Å²) in [6, 6.07) is 12.0. The Balaban J connectivity index is 0.000000309. The van der Waals surface area contributed by atoms with E-state index in [9.17, 15) is 33.9 Å². The third-order valence-corrected chi connectivity index (χ3v) is 14.1. The standard InChI is InChI=1S/C33H50N6O5.C29H42N6O5/c1-10-37(11-2)30-34-22-26(39(12-3)29(41)32(4,5)6)27(36-30)35-25(28(40)44-33(7,8)9)21-23-15-17-24(18-16-23)43-31(42)38-19-13-14-20-38;1-7-33(8-2)27-30-19-23(35(9-3)26(38)29(4,5)6)24(32-27)31-22(25(36)37)18-20-12-14-21(15-13-20)40-28(39)34-16-10-11-17-34/h15-18,22,25H,10-14,19-21H2,1-9H3,(H,34,35,36);12-15,19,22H,7-11,16-18H2,1-6H3,(H,36,37)(H,30,31,32)/t25-;22-/m11/s1. The molecule has 2 fully saturated rings. The lowest BCUT2D eigenvalue weighted by Crippen LogP contribution is -2.42. The second-order valence-corrected chi connectivity index (χ2v) is 23.8. The van der Waals surface area contributed by atoms with E-state index in [-0.39, 0.29) is 42.7 Å². The maximum absolute atomic E-state index is 13.6. The second-order valence-electron chi connectivity index (χ2n) is 23.8. The van der Waals surface area contributed by atoms with Gasteiger partial charge in [0.2, 0.25) is 23.7 Å². The van der Waals surface area contributed by atoms with E-state index in [2.05, 4.69) is 25.6 Å².